The molecule has 7 nitrogen and oxygen atoms in total. The molecule has 3 heterocycles. The Morgan fingerprint density at radius 3 is 2.65 bits per heavy atom. The van der Waals surface area contributed by atoms with Crippen LogP contribution in [-0.4, -0.2) is 65.2 Å². The summed E-state index contributed by atoms with van der Waals surface area (Å²) in [5.74, 6) is 1.11. The van der Waals surface area contributed by atoms with E-state index in [4.69, 9.17) is 4.42 Å². The molecule has 2 aromatic heterocycles. The highest BCUT2D eigenvalue weighted by Gasteiger charge is 2.23. The summed E-state index contributed by atoms with van der Waals surface area (Å²) in [7, 11) is 0. The summed E-state index contributed by atoms with van der Waals surface area (Å²) in [6.07, 6.45) is 0.888. The molecular formula is C23H29N5O2S. The standard InChI is InChI=1S/C23H29N5O2S/c1-3-10-28(16-21-24-25-23(30-21)20-9-6-15-31-20)22(29)17-26-11-13-27(14-12-26)19-8-5-4-7-18(19)2/h4-9,15H,3,10-14,16-17H2,1-2H3. The molecule has 164 valence electrons. The molecular weight excluding hydrogens is 410 g/mol. The third-order valence-corrected chi connectivity index (χ3v) is 6.42. The van der Waals surface area contributed by atoms with E-state index >= 15 is 0 Å². The Morgan fingerprint density at radius 1 is 1.13 bits per heavy atom. The van der Waals surface area contributed by atoms with Crippen LogP contribution in [0, 0.1) is 6.92 Å². The second-order valence-corrected chi connectivity index (χ2v) is 8.79. The highest BCUT2D eigenvalue weighted by Crippen LogP contribution is 2.24. The molecule has 0 unspecified atom stereocenters. The van der Waals surface area contributed by atoms with Crippen LogP contribution in [0.15, 0.2) is 46.2 Å². The summed E-state index contributed by atoms with van der Waals surface area (Å²) in [5, 5.41) is 10.3. The molecule has 1 aliphatic rings. The molecule has 1 aliphatic heterocycles. The summed E-state index contributed by atoms with van der Waals surface area (Å²) in [6, 6.07) is 12.4. The van der Waals surface area contributed by atoms with Gasteiger partial charge in [0.05, 0.1) is 18.0 Å². The number of para-hydroxylation sites is 1. The molecule has 1 fully saturated rings. The van der Waals surface area contributed by atoms with Crippen molar-refractivity contribution in [2.75, 3.05) is 44.2 Å². The number of aryl methyl sites for hydroxylation is 1. The van der Waals surface area contributed by atoms with Crippen LogP contribution in [0.1, 0.15) is 24.8 Å². The first-order valence-electron chi connectivity index (χ1n) is 10.8. The van der Waals surface area contributed by atoms with Crippen molar-refractivity contribution in [3.63, 3.8) is 0 Å². The van der Waals surface area contributed by atoms with Gasteiger partial charge in [-0.25, -0.2) is 0 Å². The fourth-order valence-electron chi connectivity index (χ4n) is 3.90. The van der Waals surface area contributed by atoms with Gasteiger partial charge < -0.3 is 14.2 Å². The minimum absolute atomic E-state index is 0.113. The predicted octanol–water partition coefficient (Wildman–Crippen LogP) is 3.67. The lowest BCUT2D eigenvalue weighted by molar-refractivity contribution is -0.133. The Hall–Kier alpha value is -2.71. The van der Waals surface area contributed by atoms with Crippen LogP contribution in [0.4, 0.5) is 5.69 Å². The number of carbonyl (C=O) groups excluding carboxylic acids is 1. The highest BCUT2D eigenvalue weighted by atomic mass is 32.1. The van der Waals surface area contributed by atoms with E-state index in [0.29, 0.717) is 31.4 Å². The Kier molecular flexibility index (Phi) is 6.99. The summed E-state index contributed by atoms with van der Waals surface area (Å²) in [4.78, 5) is 20.5. The summed E-state index contributed by atoms with van der Waals surface area (Å²) in [6.45, 7) is 9.30. The minimum atomic E-state index is 0.113. The van der Waals surface area contributed by atoms with Crippen LogP contribution in [-0.2, 0) is 11.3 Å². The van der Waals surface area contributed by atoms with Crippen LogP contribution in [0.2, 0.25) is 0 Å². The van der Waals surface area contributed by atoms with Gasteiger partial charge >= 0.3 is 0 Å². The van der Waals surface area contributed by atoms with E-state index in [0.717, 1.165) is 37.5 Å². The maximum atomic E-state index is 13.0. The SMILES string of the molecule is CCCN(Cc1nnc(-c2cccs2)o1)C(=O)CN1CCN(c2ccccc2C)CC1. The lowest BCUT2D eigenvalue weighted by atomic mass is 10.1. The van der Waals surface area contributed by atoms with Gasteiger partial charge in [-0.05, 0) is 36.4 Å². The number of rotatable bonds is 8. The molecule has 0 N–H and O–H groups in total. The number of nitrogens with zero attached hydrogens (tertiary/aromatic N) is 5. The van der Waals surface area contributed by atoms with Crippen LogP contribution >= 0.6 is 11.3 Å². The fourth-order valence-corrected chi connectivity index (χ4v) is 4.54. The van der Waals surface area contributed by atoms with E-state index < -0.39 is 0 Å². The lowest BCUT2D eigenvalue weighted by Gasteiger charge is -2.37. The van der Waals surface area contributed by atoms with Crippen molar-refractivity contribution < 1.29 is 9.21 Å². The van der Waals surface area contributed by atoms with Crippen LogP contribution in [0.3, 0.4) is 0 Å². The monoisotopic (exact) mass is 439 g/mol. The topological polar surface area (TPSA) is 65.7 Å². The van der Waals surface area contributed by atoms with Crippen LogP contribution in [0.25, 0.3) is 10.8 Å². The van der Waals surface area contributed by atoms with E-state index in [2.05, 4.69) is 58.1 Å². The first kappa shape index (κ1) is 21.5. The van der Waals surface area contributed by atoms with Gasteiger partial charge in [0.15, 0.2) is 0 Å². The first-order chi connectivity index (χ1) is 15.1. The van der Waals surface area contributed by atoms with Gasteiger partial charge in [-0.1, -0.05) is 31.2 Å². The average molecular weight is 440 g/mol. The van der Waals surface area contributed by atoms with Crippen molar-refractivity contribution in [1.82, 2.24) is 20.0 Å². The molecule has 0 saturated carbocycles. The maximum absolute atomic E-state index is 13.0. The van der Waals surface area contributed by atoms with E-state index in [-0.39, 0.29) is 5.91 Å². The van der Waals surface area contributed by atoms with Gasteiger partial charge in [-0.3, -0.25) is 9.69 Å². The Morgan fingerprint density at radius 2 is 1.94 bits per heavy atom. The molecule has 1 saturated heterocycles. The van der Waals surface area contributed by atoms with Crippen molar-refractivity contribution >= 4 is 22.9 Å². The van der Waals surface area contributed by atoms with Gasteiger partial charge in [0.25, 0.3) is 5.89 Å². The Labute approximate surface area is 187 Å². The van der Waals surface area contributed by atoms with Crippen molar-refractivity contribution in [2.45, 2.75) is 26.8 Å². The summed E-state index contributed by atoms with van der Waals surface area (Å²) in [5.41, 5.74) is 2.58. The van der Waals surface area contributed by atoms with Gasteiger partial charge in [-0.2, -0.15) is 0 Å². The molecule has 0 aliphatic carbocycles. The van der Waals surface area contributed by atoms with Crippen LogP contribution < -0.4 is 4.90 Å². The number of hydrogen-bond donors (Lipinski definition) is 0. The molecule has 3 aromatic rings. The van der Waals surface area contributed by atoms with Crippen LogP contribution in [0.5, 0.6) is 0 Å². The van der Waals surface area contributed by atoms with Gasteiger partial charge in [0, 0.05) is 38.4 Å². The summed E-state index contributed by atoms with van der Waals surface area (Å²) < 4.78 is 5.79. The molecule has 0 spiro atoms. The number of benzene rings is 1. The number of piperazine rings is 1. The van der Waals surface area contributed by atoms with Crippen molar-refractivity contribution in [3.05, 3.63) is 53.2 Å². The number of aromatic nitrogens is 2. The zero-order valence-corrected chi connectivity index (χ0v) is 19.0. The number of anilines is 1. The number of amides is 1. The van der Waals surface area contributed by atoms with Gasteiger partial charge in [-0.15, -0.1) is 21.5 Å². The molecule has 4 rings (SSSR count). The van der Waals surface area contributed by atoms with Gasteiger partial charge in [0.2, 0.25) is 11.8 Å². The molecule has 0 atom stereocenters. The highest BCUT2D eigenvalue weighted by molar-refractivity contribution is 7.13. The Balaban J connectivity index is 1.32. The van der Waals surface area contributed by atoms with Crippen molar-refractivity contribution in [1.29, 1.82) is 0 Å². The van der Waals surface area contributed by atoms with E-state index in [1.165, 1.54) is 11.3 Å². The lowest BCUT2D eigenvalue weighted by Crippen LogP contribution is -2.50. The fraction of sp³-hybridized carbons (Fsp3) is 0.435. The zero-order chi connectivity index (χ0) is 21.6. The molecule has 8 heteroatoms. The zero-order valence-electron chi connectivity index (χ0n) is 18.2. The largest absolute Gasteiger partial charge is 0.418 e. The van der Waals surface area contributed by atoms with E-state index in [1.807, 2.05) is 22.4 Å². The third kappa shape index (κ3) is 5.32. The molecule has 1 aromatic carbocycles. The van der Waals surface area contributed by atoms with Crippen molar-refractivity contribution in [2.24, 2.45) is 0 Å². The number of carbonyl (C=O) groups is 1. The number of hydrogen-bond acceptors (Lipinski definition) is 7. The molecule has 0 radical (unpaired) electrons. The molecule has 31 heavy (non-hydrogen) atoms. The number of thiophene rings is 1. The minimum Gasteiger partial charge on any atom is -0.418 e. The second kappa shape index (κ2) is 10.1. The Bertz CT molecular complexity index is 980. The van der Waals surface area contributed by atoms with E-state index in [1.54, 1.807) is 11.3 Å². The quantitative estimate of drug-likeness (QED) is 0.534. The molecule has 1 amide bonds. The average Bonchev–Trinajstić information content (AvgIpc) is 3.46. The normalized spacial score (nSPS) is 14.7. The predicted molar refractivity (Wildman–Crippen MR) is 123 cm³/mol. The third-order valence-electron chi connectivity index (χ3n) is 5.56. The van der Waals surface area contributed by atoms with Crippen molar-refractivity contribution in [3.8, 4) is 10.8 Å². The molecule has 0 bridgehead atoms. The van der Waals surface area contributed by atoms with E-state index in [9.17, 15) is 4.79 Å². The first-order valence-corrected chi connectivity index (χ1v) is 11.7. The smallest absolute Gasteiger partial charge is 0.257 e. The maximum Gasteiger partial charge on any atom is 0.257 e. The summed E-state index contributed by atoms with van der Waals surface area (Å²) >= 11 is 1.56. The second-order valence-electron chi connectivity index (χ2n) is 7.84. The van der Waals surface area contributed by atoms with Gasteiger partial charge in [0.1, 0.15) is 0 Å².